The van der Waals surface area contributed by atoms with Gasteiger partial charge in [0.15, 0.2) is 0 Å². The average Bonchev–Trinajstić information content (AvgIpc) is 3.00. The van der Waals surface area contributed by atoms with Crippen LogP contribution in [0.1, 0.15) is 24.8 Å². The van der Waals surface area contributed by atoms with E-state index < -0.39 is 5.60 Å². The molecule has 15 heavy (non-hydrogen) atoms. The van der Waals surface area contributed by atoms with Crippen molar-refractivity contribution in [3.8, 4) is 0 Å². The zero-order valence-corrected chi connectivity index (χ0v) is 8.87. The molecule has 1 aromatic rings. The lowest BCUT2D eigenvalue weighted by atomic mass is 10.00. The molecule has 1 nitrogen and oxygen atoms in total. The third-order valence-electron chi connectivity index (χ3n) is 3.01. The van der Waals surface area contributed by atoms with E-state index in [1.54, 1.807) is 0 Å². The van der Waals surface area contributed by atoms with Crippen molar-refractivity contribution in [1.29, 1.82) is 0 Å². The van der Waals surface area contributed by atoms with Crippen LogP contribution >= 0.6 is 0 Å². The molecule has 1 saturated carbocycles. The second kappa shape index (κ2) is 4.06. The van der Waals surface area contributed by atoms with Crippen LogP contribution in [0.4, 0.5) is 0 Å². The number of aliphatic hydroxyl groups is 1. The zero-order valence-electron chi connectivity index (χ0n) is 8.87. The number of aryl methyl sites for hydroxylation is 1. The topological polar surface area (TPSA) is 20.2 Å². The SMILES string of the molecule is C=C=C(CCc1ccccc1)C1(O)CC1. The van der Waals surface area contributed by atoms with Gasteiger partial charge < -0.3 is 5.11 Å². The molecule has 78 valence electrons. The van der Waals surface area contributed by atoms with Crippen LogP contribution in [0, 0.1) is 0 Å². The summed E-state index contributed by atoms with van der Waals surface area (Å²) >= 11 is 0. The maximum atomic E-state index is 9.93. The van der Waals surface area contributed by atoms with Gasteiger partial charge >= 0.3 is 0 Å². The van der Waals surface area contributed by atoms with Gasteiger partial charge in [-0.15, -0.1) is 5.73 Å². The van der Waals surface area contributed by atoms with Gasteiger partial charge in [0.25, 0.3) is 0 Å². The minimum atomic E-state index is -0.559. The van der Waals surface area contributed by atoms with Crippen molar-refractivity contribution in [2.45, 2.75) is 31.3 Å². The minimum absolute atomic E-state index is 0.559. The normalized spacial score (nSPS) is 16.9. The molecule has 0 heterocycles. The molecule has 0 amide bonds. The van der Waals surface area contributed by atoms with Crippen LogP contribution in [0.2, 0.25) is 0 Å². The minimum Gasteiger partial charge on any atom is -0.385 e. The van der Waals surface area contributed by atoms with Gasteiger partial charge in [0.2, 0.25) is 0 Å². The first-order valence-corrected chi connectivity index (χ1v) is 5.40. The van der Waals surface area contributed by atoms with E-state index in [-0.39, 0.29) is 0 Å². The van der Waals surface area contributed by atoms with E-state index in [9.17, 15) is 5.11 Å². The highest BCUT2D eigenvalue weighted by atomic mass is 16.3. The van der Waals surface area contributed by atoms with E-state index in [0.717, 1.165) is 31.3 Å². The van der Waals surface area contributed by atoms with Gasteiger partial charge in [-0.2, -0.15) is 0 Å². The molecular weight excluding hydrogens is 184 g/mol. The standard InChI is InChI=1S/C14H16O/c1-2-13(14(15)10-11-14)9-8-12-6-4-3-5-7-12/h3-7,15H,1,8-11H2. The average molecular weight is 200 g/mol. The fraction of sp³-hybridized carbons (Fsp3) is 0.357. The Labute approximate surface area is 90.8 Å². The van der Waals surface area contributed by atoms with Gasteiger partial charge in [-0.1, -0.05) is 36.9 Å². The van der Waals surface area contributed by atoms with Crippen LogP contribution in [0.5, 0.6) is 0 Å². The lowest BCUT2D eigenvalue weighted by Crippen LogP contribution is -2.10. The molecule has 0 bridgehead atoms. The number of hydrogen-bond acceptors (Lipinski definition) is 1. The molecule has 0 aromatic heterocycles. The Morgan fingerprint density at radius 1 is 1.33 bits per heavy atom. The Morgan fingerprint density at radius 3 is 2.53 bits per heavy atom. The smallest absolute Gasteiger partial charge is 0.0932 e. The van der Waals surface area contributed by atoms with E-state index in [1.807, 2.05) is 18.2 Å². The third kappa shape index (κ3) is 2.38. The van der Waals surface area contributed by atoms with Crippen molar-refractivity contribution in [3.05, 3.63) is 53.8 Å². The second-order valence-corrected chi connectivity index (χ2v) is 4.17. The van der Waals surface area contributed by atoms with E-state index in [0.29, 0.717) is 0 Å². The summed E-state index contributed by atoms with van der Waals surface area (Å²) in [5.41, 5.74) is 4.61. The fourth-order valence-corrected chi connectivity index (χ4v) is 1.82. The Morgan fingerprint density at radius 2 is 2.00 bits per heavy atom. The molecule has 0 atom stereocenters. The first-order chi connectivity index (χ1) is 7.24. The van der Waals surface area contributed by atoms with Gasteiger partial charge in [0.05, 0.1) is 5.60 Å². The van der Waals surface area contributed by atoms with E-state index in [1.165, 1.54) is 5.56 Å². The Hall–Kier alpha value is -1.30. The number of rotatable bonds is 4. The summed E-state index contributed by atoms with van der Waals surface area (Å²) in [6.07, 6.45) is 3.57. The van der Waals surface area contributed by atoms with Crippen molar-refractivity contribution in [2.75, 3.05) is 0 Å². The molecule has 0 unspecified atom stereocenters. The Bertz CT molecular complexity index is 381. The molecule has 2 rings (SSSR count). The molecule has 1 heteroatoms. The molecule has 1 N–H and O–H groups in total. The van der Waals surface area contributed by atoms with Crippen molar-refractivity contribution in [2.24, 2.45) is 0 Å². The summed E-state index contributed by atoms with van der Waals surface area (Å²) in [6, 6.07) is 10.3. The first kappa shape index (κ1) is 10.2. The van der Waals surface area contributed by atoms with E-state index in [4.69, 9.17) is 0 Å². The highest BCUT2D eigenvalue weighted by Crippen LogP contribution is 2.43. The molecule has 1 fully saturated rings. The molecule has 0 spiro atoms. The molecule has 0 saturated heterocycles. The van der Waals surface area contributed by atoms with Crippen LogP contribution in [-0.2, 0) is 6.42 Å². The largest absolute Gasteiger partial charge is 0.385 e. The summed E-state index contributed by atoms with van der Waals surface area (Å²) in [5.74, 6) is 0. The van der Waals surface area contributed by atoms with E-state index >= 15 is 0 Å². The summed E-state index contributed by atoms with van der Waals surface area (Å²) in [5, 5.41) is 9.93. The molecule has 1 aliphatic carbocycles. The maximum Gasteiger partial charge on any atom is 0.0932 e. The Balaban J connectivity index is 1.96. The highest BCUT2D eigenvalue weighted by Gasteiger charge is 2.43. The van der Waals surface area contributed by atoms with Crippen molar-refractivity contribution in [1.82, 2.24) is 0 Å². The predicted octanol–water partition coefficient (Wildman–Crippen LogP) is 2.86. The summed E-state index contributed by atoms with van der Waals surface area (Å²) in [7, 11) is 0. The van der Waals surface area contributed by atoms with Crippen LogP contribution < -0.4 is 0 Å². The van der Waals surface area contributed by atoms with Gasteiger partial charge in [-0.3, -0.25) is 0 Å². The number of hydrogen-bond donors (Lipinski definition) is 1. The quantitative estimate of drug-likeness (QED) is 0.741. The lowest BCUT2D eigenvalue weighted by molar-refractivity contribution is 0.185. The van der Waals surface area contributed by atoms with Crippen LogP contribution in [0.15, 0.2) is 48.2 Å². The van der Waals surface area contributed by atoms with Crippen molar-refractivity contribution >= 4 is 0 Å². The number of benzene rings is 1. The summed E-state index contributed by atoms with van der Waals surface area (Å²) in [4.78, 5) is 0. The van der Waals surface area contributed by atoms with Gasteiger partial charge in [-0.25, -0.2) is 0 Å². The fourth-order valence-electron chi connectivity index (χ4n) is 1.82. The lowest BCUT2D eigenvalue weighted by Gasteiger charge is -2.10. The van der Waals surface area contributed by atoms with Gasteiger partial charge in [-0.05, 0) is 31.2 Å². The third-order valence-corrected chi connectivity index (χ3v) is 3.01. The van der Waals surface area contributed by atoms with E-state index in [2.05, 4.69) is 24.4 Å². The predicted molar refractivity (Wildman–Crippen MR) is 61.6 cm³/mol. The Kier molecular flexibility index (Phi) is 2.77. The monoisotopic (exact) mass is 200 g/mol. The summed E-state index contributed by atoms with van der Waals surface area (Å²) < 4.78 is 0. The van der Waals surface area contributed by atoms with Crippen molar-refractivity contribution < 1.29 is 5.11 Å². The maximum absolute atomic E-state index is 9.93. The molecular formula is C14H16O. The van der Waals surface area contributed by atoms with Gasteiger partial charge in [0.1, 0.15) is 0 Å². The molecule has 1 aromatic carbocycles. The van der Waals surface area contributed by atoms with Gasteiger partial charge in [0, 0.05) is 5.57 Å². The highest BCUT2D eigenvalue weighted by molar-refractivity contribution is 5.25. The first-order valence-electron chi connectivity index (χ1n) is 5.40. The molecule has 0 aliphatic heterocycles. The second-order valence-electron chi connectivity index (χ2n) is 4.17. The molecule has 1 aliphatic rings. The van der Waals surface area contributed by atoms with Crippen molar-refractivity contribution in [3.63, 3.8) is 0 Å². The van der Waals surface area contributed by atoms with Crippen LogP contribution in [0.25, 0.3) is 0 Å². The summed E-state index contributed by atoms with van der Waals surface area (Å²) in [6.45, 7) is 3.66. The van der Waals surface area contributed by atoms with Crippen LogP contribution in [-0.4, -0.2) is 10.7 Å². The molecule has 0 radical (unpaired) electrons. The van der Waals surface area contributed by atoms with Crippen LogP contribution in [0.3, 0.4) is 0 Å². The zero-order chi connectivity index (χ0) is 10.7.